The van der Waals surface area contributed by atoms with E-state index in [1.165, 1.54) is 141 Å². The molecule has 0 fully saturated rings. The summed E-state index contributed by atoms with van der Waals surface area (Å²) in [6, 6.07) is -0.885. The second-order valence-electron chi connectivity index (χ2n) is 18.9. The van der Waals surface area contributed by atoms with Crippen molar-refractivity contribution in [3.8, 4) is 0 Å². The molecule has 8 nitrogen and oxygen atoms in total. The predicted molar refractivity (Wildman–Crippen MR) is 270 cm³/mol. The zero-order chi connectivity index (χ0) is 46.4. The molecule has 368 valence electrons. The Labute approximate surface area is 390 Å². The number of amides is 1. The normalized spacial score (nSPS) is 14.6. The first kappa shape index (κ1) is 61.2. The van der Waals surface area contributed by atoms with Crippen LogP contribution in [0.25, 0.3) is 0 Å². The fourth-order valence-corrected chi connectivity index (χ4v) is 8.10. The highest BCUT2D eigenvalue weighted by Gasteiger charge is 2.23. The Bertz CT molecular complexity index is 1210. The summed E-state index contributed by atoms with van der Waals surface area (Å²) < 4.78 is 23.2. The number of phosphoric acid groups is 1. The third kappa shape index (κ3) is 48.0. The van der Waals surface area contributed by atoms with Crippen molar-refractivity contribution in [1.29, 1.82) is 0 Å². The Hall–Kier alpha value is -1.80. The van der Waals surface area contributed by atoms with Gasteiger partial charge in [-0.05, 0) is 57.8 Å². The number of hydrogen-bond acceptors (Lipinski definition) is 6. The van der Waals surface area contributed by atoms with Gasteiger partial charge in [-0.2, -0.15) is 0 Å². The molecule has 0 radical (unpaired) electrons. The van der Waals surface area contributed by atoms with Gasteiger partial charge in [0.2, 0.25) is 5.91 Å². The lowest BCUT2D eigenvalue weighted by Gasteiger charge is -2.29. The first-order chi connectivity index (χ1) is 30.5. The number of unbranched alkanes of at least 4 members (excludes halogenated alkanes) is 26. The van der Waals surface area contributed by atoms with E-state index in [-0.39, 0.29) is 19.1 Å². The molecule has 0 spiro atoms. The Morgan fingerprint density at radius 1 is 0.571 bits per heavy atom. The van der Waals surface area contributed by atoms with Crippen LogP contribution in [0.1, 0.15) is 226 Å². The van der Waals surface area contributed by atoms with E-state index in [0.29, 0.717) is 17.4 Å². The third-order valence-electron chi connectivity index (χ3n) is 11.5. The fraction of sp³-hybridized carbons (Fsp3) is 0.796. The van der Waals surface area contributed by atoms with E-state index in [4.69, 9.17) is 9.05 Å². The van der Waals surface area contributed by atoms with E-state index < -0.39 is 20.0 Å². The molecule has 1 amide bonds. The molecule has 0 saturated heterocycles. The molecule has 0 aromatic rings. The molecule has 0 aliphatic carbocycles. The molecule has 0 aromatic heterocycles. The van der Waals surface area contributed by atoms with Crippen LogP contribution in [-0.2, 0) is 18.4 Å². The van der Waals surface area contributed by atoms with Gasteiger partial charge in [0, 0.05) is 6.42 Å². The van der Waals surface area contributed by atoms with E-state index in [0.717, 1.165) is 64.2 Å². The van der Waals surface area contributed by atoms with Crippen molar-refractivity contribution in [1.82, 2.24) is 5.32 Å². The topological polar surface area (TPSA) is 108 Å². The smallest absolute Gasteiger partial charge is 0.268 e. The number of nitrogens with one attached hydrogen (secondary N) is 1. The maximum Gasteiger partial charge on any atom is 0.268 e. The van der Waals surface area contributed by atoms with Crippen LogP contribution in [0.2, 0.25) is 0 Å². The SMILES string of the molecule is CC/C=C\C/C=C\C/C=C\C/C=C\CCCCCCCCCCCCCCCCCCCCC(=O)NC(COP(=O)([O-])OCC[N+](C)(C)C)C(O)/C=C/CCCCCCCCCC. The molecule has 0 bridgehead atoms. The number of carbonyl (C=O) groups is 1. The number of nitrogens with zero attached hydrogens (tertiary/aromatic N) is 1. The number of rotatable bonds is 47. The largest absolute Gasteiger partial charge is 0.756 e. The minimum absolute atomic E-state index is 0.00152. The second kappa shape index (κ2) is 45.4. The lowest BCUT2D eigenvalue weighted by molar-refractivity contribution is -0.870. The highest BCUT2D eigenvalue weighted by atomic mass is 31.2. The van der Waals surface area contributed by atoms with E-state index >= 15 is 0 Å². The number of aliphatic hydroxyl groups is 1. The summed E-state index contributed by atoms with van der Waals surface area (Å²) in [7, 11) is 1.26. The van der Waals surface area contributed by atoms with E-state index in [1.807, 2.05) is 27.2 Å². The maximum absolute atomic E-state index is 12.9. The highest BCUT2D eigenvalue weighted by Crippen LogP contribution is 2.38. The average Bonchev–Trinajstić information content (AvgIpc) is 3.24. The van der Waals surface area contributed by atoms with Gasteiger partial charge < -0.3 is 28.8 Å². The number of phosphoric ester groups is 1. The third-order valence-corrected chi connectivity index (χ3v) is 12.4. The summed E-state index contributed by atoms with van der Waals surface area (Å²) in [6.45, 7) is 4.51. The van der Waals surface area contributed by atoms with E-state index in [9.17, 15) is 19.4 Å². The van der Waals surface area contributed by atoms with Gasteiger partial charge >= 0.3 is 0 Å². The summed E-state index contributed by atoms with van der Waals surface area (Å²) in [5.74, 6) is -0.199. The van der Waals surface area contributed by atoms with Crippen LogP contribution in [0.5, 0.6) is 0 Å². The summed E-state index contributed by atoms with van der Waals surface area (Å²) in [4.78, 5) is 25.3. The first-order valence-electron chi connectivity index (χ1n) is 26.2. The van der Waals surface area contributed by atoms with E-state index in [2.05, 4.69) is 67.8 Å². The predicted octanol–water partition coefficient (Wildman–Crippen LogP) is 14.7. The van der Waals surface area contributed by atoms with Gasteiger partial charge in [0.1, 0.15) is 13.2 Å². The average molecular weight is 905 g/mol. The van der Waals surface area contributed by atoms with Crippen molar-refractivity contribution in [2.75, 3.05) is 40.9 Å². The maximum atomic E-state index is 12.9. The summed E-state index contributed by atoms with van der Waals surface area (Å²) in [6.07, 6.45) is 60.1. The van der Waals surface area contributed by atoms with Crippen LogP contribution < -0.4 is 10.2 Å². The molecule has 0 heterocycles. The lowest BCUT2D eigenvalue weighted by atomic mass is 10.0. The standard InChI is InChI=1S/C54H101N2O6P/c1-6-8-10-12-14-16-18-19-20-21-22-23-24-25-26-27-28-29-30-31-32-33-34-35-36-37-38-40-42-44-46-48-54(58)55-52(51-62-63(59,60)61-50-49-56(3,4)5)53(57)47-45-43-41-39-17-15-13-11-9-7-2/h8,10,14,16,19-20,22-23,45,47,52-53,57H,6-7,9,11-13,15,17-18,21,24-44,46,48-51H2,1-5H3,(H-,55,58,59,60)/b10-8-,16-14-,20-19-,23-22-,47-45+. The van der Waals surface area contributed by atoms with Gasteiger partial charge in [0.05, 0.1) is 39.9 Å². The zero-order valence-electron chi connectivity index (χ0n) is 41.8. The lowest BCUT2D eigenvalue weighted by Crippen LogP contribution is -2.45. The van der Waals surface area contributed by atoms with Crippen LogP contribution >= 0.6 is 7.82 Å². The Balaban J connectivity index is 4.01. The van der Waals surface area contributed by atoms with Gasteiger partial charge in [-0.3, -0.25) is 9.36 Å². The molecule has 9 heteroatoms. The molecule has 3 atom stereocenters. The molecular weight excluding hydrogens is 804 g/mol. The second-order valence-corrected chi connectivity index (χ2v) is 20.3. The van der Waals surface area contributed by atoms with Gasteiger partial charge in [-0.25, -0.2) is 0 Å². The van der Waals surface area contributed by atoms with Crippen molar-refractivity contribution < 1.29 is 32.9 Å². The van der Waals surface area contributed by atoms with Crippen molar-refractivity contribution in [3.63, 3.8) is 0 Å². The molecule has 0 aromatic carbocycles. The molecular formula is C54H101N2O6P. The molecule has 2 N–H and O–H groups in total. The Kier molecular flexibility index (Phi) is 44.1. The molecule has 0 aliphatic heterocycles. The van der Waals surface area contributed by atoms with Crippen LogP contribution in [0.3, 0.4) is 0 Å². The number of aliphatic hydroxyl groups excluding tert-OH is 1. The number of hydrogen-bond donors (Lipinski definition) is 2. The zero-order valence-corrected chi connectivity index (χ0v) is 42.7. The van der Waals surface area contributed by atoms with Gasteiger partial charge in [0.25, 0.3) is 7.82 Å². The molecule has 0 saturated carbocycles. The molecule has 0 rings (SSSR count). The monoisotopic (exact) mass is 905 g/mol. The van der Waals surface area contributed by atoms with Crippen LogP contribution in [0, 0.1) is 0 Å². The summed E-state index contributed by atoms with van der Waals surface area (Å²) in [5, 5.41) is 13.8. The van der Waals surface area contributed by atoms with Gasteiger partial charge in [-0.15, -0.1) is 0 Å². The number of carbonyl (C=O) groups excluding carboxylic acids is 1. The molecule has 3 unspecified atom stereocenters. The minimum atomic E-state index is -4.59. The molecule has 0 aliphatic rings. The van der Waals surface area contributed by atoms with E-state index in [1.54, 1.807) is 6.08 Å². The van der Waals surface area contributed by atoms with Crippen molar-refractivity contribution in [2.24, 2.45) is 0 Å². The summed E-state index contributed by atoms with van der Waals surface area (Å²) >= 11 is 0. The van der Waals surface area contributed by atoms with Crippen LogP contribution in [-0.4, -0.2) is 68.5 Å². The molecule has 63 heavy (non-hydrogen) atoms. The quantitative estimate of drug-likeness (QED) is 0.0273. The number of likely N-dealkylation sites (N-methyl/N-ethyl adjacent to an activating group) is 1. The van der Waals surface area contributed by atoms with Crippen LogP contribution in [0.4, 0.5) is 0 Å². The Morgan fingerprint density at radius 2 is 0.968 bits per heavy atom. The van der Waals surface area contributed by atoms with Crippen molar-refractivity contribution >= 4 is 13.7 Å². The summed E-state index contributed by atoms with van der Waals surface area (Å²) in [5.41, 5.74) is 0. The van der Waals surface area contributed by atoms with Gasteiger partial charge in [-0.1, -0.05) is 222 Å². The first-order valence-corrected chi connectivity index (χ1v) is 27.6. The number of allylic oxidation sites excluding steroid dienone is 9. The fourth-order valence-electron chi connectivity index (χ4n) is 7.38. The van der Waals surface area contributed by atoms with Crippen molar-refractivity contribution in [3.05, 3.63) is 60.8 Å². The minimum Gasteiger partial charge on any atom is -0.756 e. The van der Waals surface area contributed by atoms with Gasteiger partial charge in [0.15, 0.2) is 0 Å². The van der Waals surface area contributed by atoms with Crippen molar-refractivity contribution in [2.45, 2.75) is 238 Å². The Morgan fingerprint density at radius 3 is 1.41 bits per heavy atom. The van der Waals surface area contributed by atoms with Crippen LogP contribution in [0.15, 0.2) is 60.8 Å². The number of quaternary nitrogens is 1. The highest BCUT2D eigenvalue weighted by molar-refractivity contribution is 7.45.